The Hall–Kier alpha value is -1.17. The molecule has 0 radical (unpaired) electrons. The van der Waals surface area contributed by atoms with Crippen LogP contribution in [0.25, 0.3) is 0 Å². The molecule has 0 unspecified atom stereocenters. The van der Waals surface area contributed by atoms with Gasteiger partial charge in [0, 0.05) is 18.6 Å². The van der Waals surface area contributed by atoms with E-state index in [1.54, 1.807) is 11.0 Å². The number of hydrogen-bond acceptors (Lipinski definition) is 3. The van der Waals surface area contributed by atoms with Gasteiger partial charge >= 0.3 is 0 Å². The molecule has 1 N–H and O–H groups in total. The summed E-state index contributed by atoms with van der Waals surface area (Å²) in [7, 11) is 0. The molecule has 31 heavy (non-hydrogen) atoms. The second kappa shape index (κ2) is 9.36. The number of hydrogen-bond donors (Lipinski definition) is 1. The minimum absolute atomic E-state index is 0. The number of anilines is 1. The van der Waals surface area contributed by atoms with E-state index in [4.69, 9.17) is 0 Å². The van der Waals surface area contributed by atoms with Gasteiger partial charge < -0.3 is 10.2 Å². The summed E-state index contributed by atoms with van der Waals surface area (Å²) in [5, 5.41) is 3.34. The van der Waals surface area contributed by atoms with Crippen LogP contribution in [0.5, 0.6) is 0 Å². The van der Waals surface area contributed by atoms with Crippen LogP contribution in [0.3, 0.4) is 0 Å². The first-order chi connectivity index (χ1) is 14.6. The van der Waals surface area contributed by atoms with Crippen molar-refractivity contribution in [1.82, 2.24) is 10.2 Å². The number of carbonyl (C=O) groups is 1. The van der Waals surface area contributed by atoms with E-state index < -0.39 is 0 Å². The third-order valence-electron chi connectivity index (χ3n) is 8.58. The number of halogens is 2. The number of benzene rings is 1. The standard InChI is InChI=1S/C25H36FN3O.ClH/c1-18-3-2-15-28(18)21-7-4-19(5-8-21)20-6-9-23(22(26)17-20)29-16-12-25(24(29)30)10-13-27-14-11-25;/h6,9,17-19,21,27H,2-5,7-8,10-16H2,1H3;1H/t18-,19?,21?;/m0./s1. The third-order valence-corrected chi connectivity index (χ3v) is 8.58. The number of piperidine rings is 1. The Kier molecular flexibility index (Phi) is 6.95. The van der Waals surface area contributed by atoms with Gasteiger partial charge in [0.1, 0.15) is 5.82 Å². The highest BCUT2D eigenvalue weighted by molar-refractivity contribution is 6.00. The van der Waals surface area contributed by atoms with E-state index in [2.05, 4.69) is 23.2 Å². The highest BCUT2D eigenvalue weighted by atomic mass is 35.5. The monoisotopic (exact) mass is 449 g/mol. The molecule has 1 amide bonds. The summed E-state index contributed by atoms with van der Waals surface area (Å²) < 4.78 is 15.1. The first-order valence-corrected chi connectivity index (χ1v) is 12.2. The number of amides is 1. The molecule has 4 nitrogen and oxygen atoms in total. The van der Waals surface area contributed by atoms with E-state index in [1.165, 1.54) is 32.2 Å². The Morgan fingerprint density at radius 1 is 1.03 bits per heavy atom. The van der Waals surface area contributed by atoms with Crippen molar-refractivity contribution in [3.05, 3.63) is 29.6 Å². The van der Waals surface area contributed by atoms with Crippen LogP contribution in [0.4, 0.5) is 10.1 Å². The Morgan fingerprint density at radius 3 is 2.42 bits per heavy atom. The smallest absolute Gasteiger partial charge is 0.233 e. The summed E-state index contributed by atoms with van der Waals surface area (Å²) in [6.45, 7) is 6.04. The van der Waals surface area contributed by atoms with Gasteiger partial charge in [0.25, 0.3) is 0 Å². The Morgan fingerprint density at radius 2 is 1.77 bits per heavy atom. The maximum Gasteiger partial charge on any atom is 0.233 e. The summed E-state index contributed by atoms with van der Waals surface area (Å²) in [5.74, 6) is 0.366. The largest absolute Gasteiger partial charge is 0.317 e. The molecule has 3 heterocycles. The topological polar surface area (TPSA) is 35.6 Å². The molecule has 4 aliphatic rings. The third kappa shape index (κ3) is 4.26. The fourth-order valence-corrected chi connectivity index (χ4v) is 6.65. The van der Waals surface area contributed by atoms with Crippen LogP contribution in [0.1, 0.15) is 76.2 Å². The molecule has 1 aromatic carbocycles. The average Bonchev–Trinajstić information content (AvgIpc) is 3.33. The molecule has 1 aliphatic carbocycles. The molecule has 0 aromatic heterocycles. The molecule has 4 fully saturated rings. The first-order valence-electron chi connectivity index (χ1n) is 12.2. The van der Waals surface area contributed by atoms with Crippen molar-refractivity contribution in [2.45, 2.75) is 82.7 Å². The van der Waals surface area contributed by atoms with Gasteiger partial charge in [-0.25, -0.2) is 4.39 Å². The van der Waals surface area contributed by atoms with Crippen LogP contribution in [-0.4, -0.2) is 49.1 Å². The van der Waals surface area contributed by atoms with Crippen LogP contribution < -0.4 is 10.2 Å². The lowest BCUT2D eigenvalue weighted by atomic mass is 9.77. The van der Waals surface area contributed by atoms with Gasteiger partial charge in [0.15, 0.2) is 0 Å². The van der Waals surface area contributed by atoms with Crippen LogP contribution in [0, 0.1) is 11.2 Å². The molecule has 3 saturated heterocycles. The highest BCUT2D eigenvalue weighted by Gasteiger charge is 2.47. The van der Waals surface area contributed by atoms with Crippen molar-refractivity contribution in [3.63, 3.8) is 0 Å². The van der Waals surface area contributed by atoms with Gasteiger partial charge in [0.2, 0.25) is 5.91 Å². The van der Waals surface area contributed by atoms with Gasteiger partial charge in [-0.05, 0) is 108 Å². The molecule has 3 aliphatic heterocycles. The lowest BCUT2D eigenvalue weighted by Crippen LogP contribution is -2.42. The number of carbonyl (C=O) groups excluding carboxylic acids is 1. The van der Waals surface area contributed by atoms with E-state index in [0.29, 0.717) is 24.2 Å². The predicted octanol–water partition coefficient (Wildman–Crippen LogP) is 4.86. The lowest BCUT2D eigenvalue weighted by molar-refractivity contribution is -0.126. The van der Waals surface area contributed by atoms with Gasteiger partial charge in [-0.1, -0.05) is 6.07 Å². The van der Waals surface area contributed by atoms with E-state index in [0.717, 1.165) is 56.8 Å². The van der Waals surface area contributed by atoms with Crippen molar-refractivity contribution in [3.8, 4) is 0 Å². The van der Waals surface area contributed by atoms with E-state index >= 15 is 4.39 Å². The minimum atomic E-state index is -0.262. The summed E-state index contributed by atoms with van der Waals surface area (Å²) in [5.41, 5.74) is 1.34. The minimum Gasteiger partial charge on any atom is -0.317 e. The Balaban J connectivity index is 0.00000231. The molecule has 5 rings (SSSR count). The normalized spacial score (nSPS) is 31.2. The fraction of sp³-hybridized carbons (Fsp3) is 0.720. The van der Waals surface area contributed by atoms with E-state index in [1.807, 2.05) is 6.07 Å². The highest BCUT2D eigenvalue weighted by Crippen LogP contribution is 2.43. The molecular formula is C25H37ClFN3O. The molecule has 1 aromatic rings. The zero-order valence-electron chi connectivity index (χ0n) is 18.7. The molecule has 6 heteroatoms. The van der Waals surface area contributed by atoms with Gasteiger partial charge in [-0.2, -0.15) is 0 Å². The number of likely N-dealkylation sites (tertiary alicyclic amines) is 1. The number of nitrogens with zero attached hydrogens (tertiary/aromatic N) is 2. The SMILES string of the molecule is C[C@H]1CCCN1C1CCC(c2ccc(N3CCC4(CCNCC4)C3=O)c(F)c2)CC1.Cl. The molecule has 172 valence electrons. The molecule has 0 bridgehead atoms. The lowest BCUT2D eigenvalue weighted by Gasteiger charge is -2.37. The zero-order chi connectivity index (χ0) is 20.7. The summed E-state index contributed by atoms with van der Waals surface area (Å²) in [6, 6.07) is 7.12. The Labute approximate surface area is 192 Å². The van der Waals surface area contributed by atoms with Crippen molar-refractivity contribution >= 4 is 24.0 Å². The Bertz CT molecular complexity index is 789. The van der Waals surface area contributed by atoms with Gasteiger partial charge in [-0.3, -0.25) is 9.69 Å². The fourth-order valence-electron chi connectivity index (χ4n) is 6.65. The van der Waals surface area contributed by atoms with Crippen molar-refractivity contribution in [2.75, 3.05) is 31.1 Å². The number of nitrogens with one attached hydrogen (secondary N) is 1. The van der Waals surface area contributed by atoms with E-state index in [-0.39, 0.29) is 29.5 Å². The second-order valence-corrected chi connectivity index (χ2v) is 10.2. The maximum absolute atomic E-state index is 15.1. The van der Waals surface area contributed by atoms with Crippen molar-refractivity contribution in [1.29, 1.82) is 0 Å². The summed E-state index contributed by atoms with van der Waals surface area (Å²) >= 11 is 0. The van der Waals surface area contributed by atoms with Gasteiger partial charge in [0.05, 0.1) is 11.1 Å². The molecule has 1 atom stereocenters. The van der Waals surface area contributed by atoms with Crippen LogP contribution >= 0.6 is 12.4 Å². The summed E-state index contributed by atoms with van der Waals surface area (Å²) in [4.78, 5) is 17.6. The van der Waals surface area contributed by atoms with E-state index in [9.17, 15) is 4.79 Å². The van der Waals surface area contributed by atoms with Crippen molar-refractivity contribution in [2.24, 2.45) is 5.41 Å². The summed E-state index contributed by atoms with van der Waals surface area (Å²) in [6.07, 6.45) is 10.0. The first kappa shape index (κ1) is 23.0. The maximum atomic E-state index is 15.1. The van der Waals surface area contributed by atoms with Crippen molar-refractivity contribution < 1.29 is 9.18 Å². The van der Waals surface area contributed by atoms with Crippen LogP contribution in [0.15, 0.2) is 18.2 Å². The molecule has 1 spiro atoms. The average molecular weight is 450 g/mol. The predicted molar refractivity (Wildman–Crippen MR) is 126 cm³/mol. The molecule has 1 saturated carbocycles. The quantitative estimate of drug-likeness (QED) is 0.715. The second-order valence-electron chi connectivity index (χ2n) is 10.2. The zero-order valence-corrected chi connectivity index (χ0v) is 19.6. The van der Waals surface area contributed by atoms with Crippen LogP contribution in [0.2, 0.25) is 0 Å². The molecular weight excluding hydrogens is 413 g/mol. The van der Waals surface area contributed by atoms with Gasteiger partial charge in [-0.15, -0.1) is 12.4 Å². The number of rotatable bonds is 3. The van der Waals surface area contributed by atoms with Crippen LogP contribution in [-0.2, 0) is 4.79 Å².